The fourth-order valence-corrected chi connectivity index (χ4v) is 10.3. The number of alkyl halides is 2. The highest BCUT2D eigenvalue weighted by Gasteiger charge is 2.55. The van der Waals surface area contributed by atoms with Crippen molar-refractivity contribution < 1.29 is 18.6 Å². The average Bonchev–Trinajstić information content (AvgIpc) is 2.91. The summed E-state index contributed by atoms with van der Waals surface area (Å²) in [5.74, 6) is 1.82. The molecule has 3 saturated heterocycles. The van der Waals surface area contributed by atoms with Crippen molar-refractivity contribution in [2.24, 2.45) is 11.8 Å². The van der Waals surface area contributed by atoms with Gasteiger partial charge in [0, 0.05) is 54.4 Å². The third kappa shape index (κ3) is 6.87. The first-order chi connectivity index (χ1) is 17.9. The largest absolute Gasteiger partial charge is 0.469 e. The van der Waals surface area contributed by atoms with E-state index in [1.165, 1.54) is 13.5 Å². The number of methoxy groups -OCH3 is 1. The standard InChI is InChI=1S/C26H39BrCl2N3O4P/c1-35-25(33)8-2-7-24-23-6-4-16-30-15-3-5-20(26(23)30)19-32(24)37(34,31(17-13-28)18-14-29)36-22-11-9-21(27)10-12-22/h9-12,20,23-24,26H,2-8,13-19H2,1H3/t20-,23+,24+,26-,37?/m0/s1. The minimum Gasteiger partial charge on any atom is -0.469 e. The Hall–Kier alpha value is -0.340. The third-order valence-corrected chi connectivity index (χ3v) is 11.7. The topological polar surface area (TPSA) is 62.3 Å². The van der Waals surface area contributed by atoms with E-state index in [0.29, 0.717) is 67.9 Å². The van der Waals surface area contributed by atoms with Gasteiger partial charge in [0.05, 0.1) is 7.11 Å². The van der Waals surface area contributed by atoms with E-state index in [-0.39, 0.29) is 12.0 Å². The second-order valence-corrected chi connectivity index (χ2v) is 14.2. The van der Waals surface area contributed by atoms with Crippen molar-refractivity contribution in [1.82, 2.24) is 14.2 Å². The number of carbonyl (C=O) groups excluding carboxylic acids is 1. The van der Waals surface area contributed by atoms with Gasteiger partial charge in [0.15, 0.2) is 0 Å². The molecular weight excluding hydrogens is 600 g/mol. The SMILES string of the molecule is COC(=O)CCC[C@@H]1[C@H]2CCCN3CCC[C@@H](CN1P(=O)(Oc1ccc(Br)cc1)N(CCCl)CCCl)[C@@H]23. The molecule has 208 valence electrons. The highest BCUT2D eigenvalue weighted by atomic mass is 79.9. The molecule has 3 aliphatic heterocycles. The van der Waals surface area contributed by atoms with Crippen LogP contribution in [0.5, 0.6) is 5.75 Å². The van der Waals surface area contributed by atoms with Gasteiger partial charge in [-0.1, -0.05) is 15.9 Å². The number of esters is 1. The molecule has 3 fully saturated rings. The lowest BCUT2D eigenvalue weighted by Crippen LogP contribution is -2.64. The van der Waals surface area contributed by atoms with E-state index in [4.69, 9.17) is 32.5 Å². The number of hydrogen-bond donors (Lipinski definition) is 0. The van der Waals surface area contributed by atoms with E-state index in [9.17, 15) is 4.79 Å². The molecule has 4 rings (SSSR count). The van der Waals surface area contributed by atoms with E-state index in [1.54, 1.807) is 0 Å². The first-order valence-corrected chi connectivity index (χ1v) is 16.8. The molecule has 0 spiro atoms. The summed E-state index contributed by atoms with van der Waals surface area (Å²) in [6.45, 7) is 3.82. The molecule has 3 heterocycles. The normalized spacial score (nSPS) is 27.9. The lowest BCUT2D eigenvalue weighted by atomic mass is 9.70. The highest BCUT2D eigenvalue weighted by Crippen LogP contribution is 2.60. The molecule has 3 aliphatic rings. The monoisotopic (exact) mass is 637 g/mol. The molecule has 11 heteroatoms. The van der Waals surface area contributed by atoms with Crippen LogP contribution in [0.2, 0.25) is 0 Å². The summed E-state index contributed by atoms with van der Waals surface area (Å²) in [5, 5.41) is 0. The van der Waals surface area contributed by atoms with Crippen molar-refractivity contribution in [3.63, 3.8) is 0 Å². The first-order valence-electron chi connectivity index (χ1n) is 13.4. The van der Waals surface area contributed by atoms with Gasteiger partial charge in [0.2, 0.25) is 0 Å². The molecule has 1 aromatic rings. The van der Waals surface area contributed by atoms with Crippen molar-refractivity contribution in [2.75, 3.05) is 51.6 Å². The summed E-state index contributed by atoms with van der Waals surface area (Å²) in [6.07, 6.45) is 6.34. The van der Waals surface area contributed by atoms with Crippen LogP contribution in [0.15, 0.2) is 28.7 Å². The number of benzene rings is 1. The van der Waals surface area contributed by atoms with Crippen LogP contribution in [0.3, 0.4) is 0 Å². The molecule has 0 aromatic heterocycles. The quantitative estimate of drug-likeness (QED) is 0.153. The molecule has 0 radical (unpaired) electrons. The Morgan fingerprint density at radius 3 is 2.46 bits per heavy atom. The second-order valence-electron chi connectivity index (χ2n) is 10.3. The zero-order chi connectivity index (χ0) is 26.4. The lowest BCUT2D eigenvalue weighted by molar-refractivity contribution is -0.140. The van der Waals surface area contributed by atoms with Crippen molar-refractivity contribution in [3.05, 3.63) is 28.7 Å². The van der Waals surface area contributed by atoms with Crippen LogP contribution in [0.4, 0.5) is 0 Å². The minimum absolute atomic E-state index is 0.0289. The van der Waals surface area contributed by atoms with Gasteiger partial charge in [0.1, 0.15) is 5.75 Å². The zero-order valence-electron chi connectivity index (χ0n) is 21.6. The molecule has 7 nitrogen and oxygen atoms in total. The van der Waals surface area contributed by atoms with E-state index in [1.807, 2.05) is 28.9 Å². The molecule has 5 atom stereocenters. The summed E-state index contributed by atoms with van der Waals surface area (Å²) in [4.78, 5) is 14.6. The van der Waals surface area contributed by atoms with Gasteiger partial charge in [-0.15, -0.1) is 23.2 Å². The van der Waals surface area contributed by atoms with Crippen LogP contribution in [0.25, 0.3) is 0 Å². The Labute approximate surface area is 239 Å². The summed E-state index contributed by atoms with van der Waals surface area (Å²) < 4.78 is 31.7. The molecular formula is C26H39BrCl2N3O4P. The number of rotatable bonds is 12. The maximum Gasteiger partial charge on any atom is 0.396 e. The van der Waals surface area contributed by atoms with Gasteiger partial charge < -0.3 is 9.26 Å². The Balaban J connectivity index is 1.72. The van der Waals surface area contributed by atoms with Gasteiger partial charge in [-0.25, -0.2) is 13.9 Å². The predicted octanol–water partition coefficient (Wildman–Crippen LogP) is 6.23. The summed E-state index contributed by atoms with van der Waals surface area (Å²) in [6, 6.07) is 8.01. The molecule has 1 aromatic carbocycles. The first kappa shape index (κ1) is 29.6. The van der Waals surface area contributed by atoms with Gasteiger partial charge >= 0.3 is 13.6 Å². The molecule has 37 heavy (non-hydrogen) atoms. The van der Waals surface area contributed by atoms with Crippen LogP contribution in [0, 0.1) is 11.8 Å². The van der Waals surface area contributed by atoms with Crippen molar-refractivity contribution >= 4 is 52.8 Å². The van der Waals surface area contributed by atoms with E-state index < -0.39 is 7.67 Å². The zero-order valence-corrected chi connectivity index (χ0v) is 25.6. The molecule has 0 saturated carbocycles. The summed E-state index contributed by atoms with van der Waals surface area (Å²) >= 11 is 15.9. The number of hydrogen-bond acceptors (Lipinski definition) is 5. The van der Waals surface area contributed by atoms with Gasteiger partial charge in [-0.2, -0.15) is 0 Å². The Morgan fingerprint density at radius 1 is 1.14 bits per heavy atom. The van der Waals surface area contributed by atoms with Crippen molar-refractivity contribution in [3.8, 4) is 5.75 Å². The number of ether oxygens (including phenoxy) is 1. The third-order valence-electron chi connectivity index (χ3n) is 8.16. The van der Waals surface area contributed by atoms with Crippen LogP contribution in [-0.2, 0) is 14.1 Å². The van der Waals surface area contributed by atoms with Crippen LogP contribution < -0.4 is 4.52 Å². The van der Waals surface area contributed by atoms with E-state index in [0.717, 1.165) is 43.2 Å². The fourth-order valence-electron chi connectivity index (χ4n) is 6.65. The molecule has 0 N–H and O–H groups in total. The second kappa shape index (κ2) is 13.8. The Bertz CT molecular complexity index is 935. The summed E-state index contributed by atoms with van der Waals surface area (Å²) in [5.41, 5.74) is 0. The summed E-state index contributed by atoms with van der Waals surface area (Å²) in [7, 11) is -2.14. The number of nitrogens with zero attached hydrogens (tertiary/aromatic N) is 3. The van der Waals surface area contributed by atoms with Gasteiger partial charge in [-0.3, -0.25) is 9.69 Å². The predicted molar refractivity (Wildman–Crippen MR) is 153 cm³/mol. The van der Waals surface area contributed by atoms with Gasteiger partial charge in [-0.05, 0) is 87.7 Å². The van der Waals surface area contributed by atoms with Crippen molar-refractivity contribution in [1.29, 1.82) is 0 Å². The highest BCUT2D eigenvalue weighted by molar-refractivity contribution is 9.10. The number of halogens is 3. The van der Waals surface area contributed by atoms with Crippen LogP contribution >= 0.6 is 46.8 Å². The molecule has 0 bridgehead atoms. The van der Waals surface area contributed by atoms with Crippen LogP contribution in [-0.4, -0.2) is 83.9 Å². The average molecular weight is 639 g/mol. The van der Waals surface area contributed by atoms with Gasteiger partial charge in [0.25, 0.3) is 0 Å². The Kier molecular flexibility index (Phi) is 11.1. The number of piperidine rings is 3. The Morgan fingerprint density at radius 2 is 1.81 bits per heavy atom. The van der Waals surface area contributed by atoms with E-state index >= 15 is 4.57 Å². The molecule has 0 amide bonds. The number of carbonyl (C=O) groups is 1. The smallest absolute Gasteiger partial charge is 0.396 e. The maximum absolute atomic E-state index is 15.3. The maximum atomic E-state index is 15.3. The fraction of sp³-hybridized carbons (Fsp3) is 0.731. The van der Waals surface area contributed by atoms with E-state index in [2.05, 4.69) is 25.5 Å². The minimum atomic E-state index is -3.56. The molecule has 1 unspecified atom stereocenters. The van der Waals surface area contributed by atoms with Crippen molar-refractivity contribution in [2.45, 2.75) is 57.0 Å². The molecule has 0 aliphatic carbocycles. The van der Waals surface area contributed by atoms with Crippen LogP contribution in [0.1, 0.15) is 44.9 Å². The lowest BCUT2D eigenvalue weighted by Gasteiger charge is -2.58.